The highest BCUT2D eigenvalue weighted by atomic mass is 16.5. The molecule has 0 aliphatic heterocycles. The van der Waals surface area contributed by atoms with Crippen LogP contribution in [0.25, 0.3) is 11.1 Å². The van der Waals surface area contributed by atoms with Gasteiger partial charge in [0.05, 0.1) is 7.11 Å². The Morgan fingerprint density at radius 2 is 1.10 bits per heavy atom. The van der Waals surface area contributed by atoms with Gasteiger partial charge in [0.2, 0.25) is 0 Å². The Morgan fingerprint density at radius 1 is 0.645 bits per heavy atom. The molecule has 0 spiro atoms. The van der Waals surface area contributed by atoms with Crippen LogP contribution >= 0.6 is 0 Å². The number of hydrogen-bond acceptors (Lipinski definition) is 2. The van der Waals surface area contributed by atoms with E-state index >= 15 is 0 Å². The second-order valence-corrected chi connectivity index (χ2v) is 9.56. The third kappa shape index (κ3) is 4.95. The van der Waals surface area contributed by atoms with Crippen LogP contribution in [0.4, 0.5) is 11.4 Å². The highest BCUT2D eigenvalue weighted by molar-refractivity contribution is 5.71. The molecule has 0 aliphatic rings. The first kappa shape index (κ1) is 22.9. The molecule has 164 valence electrons. The molecule has 2 nitrogen and oxygen atoms in total. The maximum Gasteiger partial charge on any atom is 0.119 e. The van der Waals surface area contributed by atoms with Gasteiger partial charge in [0.25, 0.3) is 0 Å². The Balaban J connectivity index is 1.92. The summed E-state index contributed by atoms with van der Waals surface area (Å²) >= 11 is 0. The minimum atomic E-state index is -0.0104. The van der Waals surface area contributed by atoms with Crippen molar-refractivity contribution in [3.05, 3.63) is 78.4 Å². The number of rotatable bonds is 8. The summed E-state index contributed by atoms with van der Waals surface area (Å²) in [6.45, 7) is 13.7. The third-order valence-corrected chi connectivity index (χ3v) is 6.81. The SMILES string of the molecule is CCC(C)(C)c1ccc(-c2ccc(N(c3ccc(OC)cc3)C(C)(C)CC)cc2)cc1. The summed E-state index contributed by atoms with van der Waals surface area (Å²) in [5.74, 6) is 0.878. The van der Waals surface area contributed by atoms with Gasteiger partial charge < -0.3 is 9.64 Å². The zero-order valence-corrected chi connectivity index (χ0v) is 20.2. The molecule has 2 heteroatoms. The molecule has 31 heavy (non-hydrogen) atoms. The van der Waals surface area contributed by atoms with Crippen molar-refractivity contribution in [1.29, 1.82) is 0 Å². The van der Waals surface area contributed by atoms with E-state index in [0.29, 0.717) is 0 Å². The molecule has 0 bridgehead atoms. The molecule has 0 aromatic heterocycles. The Bertz CT molecular complexity index is 967. The second-order valence-electron chi connectivity index (χ2n) is 9.56. The first-order valence-corrected chi connectivity index (χ1v) is 11.4. The quantitative estimate of drug-likeness (QED) is 0.366. The molecule has 0 radical (unpaired) electrons. The van der Waals surface area contributed by atoms with Gasteiger partial charge in [0.1, 0.15) is 5.75 Å². The average molecular weight is 416 g/mol. The Kier molecular flexibility index (Phi) is 6.79. The smallest absolute Gasteiger partial charge is 0.119 e. The van der Waals surface area contributed by atoms with Crippen molar-refractivity contribution in [2.75, 3.05) is 12.0 Å². The van der Waals surface area contributed by atoms with Gasteiger partial charge in [-0.15, -0.1) is 0 Å². The molecule has 0 N–H and O–H groups in total. The molecule has 0 fully saturated rings. The summed E-state index contributed by atoms with van der Waals surface area (Å²) in [7, 11) is 1.71. The van der Waals surface area contributed by atoms with Gasteiger partial charge in [-0.1, -0.05) is 64.1 Å². The molecule has 0 aliphatic carbocycles. The van der Waals surface area contributed by atoms with Crippen LogP contribution in [-0.4, -0.2) is 12.6 Å². The number of nitrogens with zero attached hydrogens (tertiary/aromatic N) is 1. The lowest BCUT2D eigenvalue weighted by Gasteiger charge is -2.40. The molecule has 3 aromatic rings. The van der Waals surface area contributed by atoms with E-state index in [-0.39, 0.29) is 11.0 Å². The van der Waals surface area contributed by atoms with E-state index in [1.165, 1.54) is 28.1 Å². The first-order valence-electron chi connectivity index (χ1n) is 11.4. The Labute approximate surface area is 188 Å². The van der Waals surface area contributed by atoms with Crippen LogP contribution in [0.5, 0.6) is 5.75 Å². The number of anilines is 2. The molecule has 3 aromatic carbocycles. The lowest BCUT2D eigenvalue weighted by molar-refractivity contribution is 0.414. The fourth-order valence-corrected chi connectivity index (χ4v) is 3.86. The molecule has 0 unspecified atom stereocenters. The molecule has 3 rings (SSSR count). The maximum absolute atomic E-state index is 5.35. The lowest BCUT2D eigenvalue weighted by Crippen LogP contribution is -2.40. The van der Waals surface area contributed by atoms with Crippen LogP contribution in [0.2, 0.25) is 0 Å². The molecular weight excluding hydrogens is 378 g/mol. The number of hydrogen-bond donors (Lipinski definition) is 0. The number of methoxy groups -OCH3 is 1. The van der Waals surface area contributed by atoms with Gasteiger partial charge in [-0.25, -0.2) is 0 Å². The van der Waals surface area contributed by atoms with E-state index in [2.05, 4.69) is 107 Å². The predicted molar refractivity (Wildman–Crippen MR) is 135 cm³/mol. The van der Waals surface area contributed by atoms with Crippen molar-refractivity contribution in [3.63, 3.8) is 0 Å². The maximum atomic E-state index is 5.35. The van der Waals surface area contributed by atoms with Crippen LogP contribution in [-0.2, 0) is 5.41 Å². The second kappa shape index (κ2) is 9.18. The Hall–Kier alpha value is -2.74. The molecule has 0 heterocycles. The fourth-order valence-electron chi connectivity index (χ4n) is 3.86. The van der Waals surface area contributed by atoms with E-state index in [1.54, 1.807) is 7.11 Å². The molecule has 0 amide bonds. The topological polar surface area (TPSA) is 12.5 Å². The standard InChI is InChI=1S/C29H37NO/c1-8-28(3,4)24-14-10-22(11-15-24)23-12-16-25(17-13-23)30(29(5,6)9-2)26-18-20-27(31-7)21-19-26/h10-21H,8-9H2,1-7H3. The summed E-state index contributed by atoms with van der Waals surface area (Å²) < 4.78 is 5.35. The molecule has 0 atom stereocenters. The highest BCUT2D eigenvalue weighted by Gasteiger charge is 2.27. The van der Waals surface area contributed by atoms with Gasteiger partial charge in [0, 0.05) is 16.9 Å². The lowest BCUT2D eigenvalue weighted by atomic mass is 9.82. The van der Waals surface area contributed by atoms with Crippen LogP contribution in [0.15, 0.2) is 72.8 Å². The minimum Gasteiger partial charge on any atom is -0.497 e. The van der Waals surface area contributed by atoms with Gasteiger partial charge in [0.15, 0.2) is 0 Å². The van der Waals surface area contributed by atoms with Gasteiger partial charge in [-0.05, 0) is 85.2 Å². The van der Waals surface area contributed by atoms with Crippen molar-refractivity contribution in [1.82, 2.24) is 0 Å². The van der Waals surface area contributed by atoms with Crippen LogP contribution < -0.4 is 9.64 Å². The van der Waals surface area contributed by atoms with Crippen molar-refractivity contribution in [2.24, 2.45) is 0 Å². The molecule has 0 saturated heterocycles. The zero-order chi connectivity index (χ0) is 22.6. The molecule has 0 saturated carbocycles. The monoisotopic (exact) mass is 415 g/mol. The van der Waals surface area contributed by atoms with E-state index in [1.807, 2.05) is 12.1 Å². The van der Waals surface area contributed by atoms with Gasteiger partial charge in [-0.2, -0.15) is 0 Å². The fraction of sp³-hybridized carbons (Fsp3) is 0.379. The summed E-state index contributed by atoms with van der Waals surface area (Å²) in [4.78, 5) is 2.42. The van der Waals surface area contributed by atoms with Crippen LogP contribution in [0.3, 0.4) is 0 Å². The predicted octanol–water partition coefficient (Wildman–Crippen LogP) is 8.38. The minimum absolute atomic E-state index is 0.0104. The largest absolute Gasteiger partial charge is 0.497 e. The van der Waals surface area contributed by atoms with E-state index in [4.69, 9.17) is 4.74 Å². The summed E-state index contributed by atoms with van der Waals surface area (Å²) in [6, 6.07) is 26.3. The van der Waals surface area contributed by atoms with E-state index in [0.717, 1.165) is 18.6 Å². The third-order valence-electron chi connectivity index (χ3n) is 6.81. The molecular formula is C29H37NO. The van der Waals surface area contributed by atoms with E-state index < -0.39 is 0 Å². The number of benzene rings is 3. The van der Waals surface area contributed by atoms with Crippen molar-refractivity contribution >= 4 is 11.4 Å². The number of ether oxygens (including phenoxy) is 1. The van der Waals surface area contributed by atoms with E-state index in [9.17, 15) is 0 Å². The summed E-state index contributed by atoms with van der Waals surface area (Å²) in [5, 5.41) is 0. The van der Waals surface area contributed by atoms with Crippen LogP contribution in [0, 0.1) is 0 Å². The van der Waals surface area contributed by atoms with Crippen molar-refractivity contribution < 1.29 is 4.74 Å². The first-order chi connectivity index (χ1) is 14.7. The van der Waals surface area contributed by atoms with Crippen LogP contribution in [0.1, 0.15) is 59.9 Å². The zero-order valence-electron chi connectivity index (χ0n) is 20.2. The van der Waals surface area contributed by atoms with Gasteiger partial charge in [-0.3, -0.25) is 0 Å². The van der Waals surface area contributed by atoms with Crippen molar-refractivity contribution in [2.45, 2.75) is 65.3 Å². The summed E-state index contributed by atoms with van der Waals surface area (Å²) in [5.41, 5.74) is 6.47. The van der Waals surface area contributed by atoms with Crippen molar-refractivity contribution in [3.8, 4) is 16.9 Å². The highest BCUT2D eigenvalue weighted by Crippen LogP contribution is 2.37. The summed E-state index contributed by atoms with van der Waals surface area (Å²) in [6.07, 6.45) is 2.17. The van der Waals surface area contributed by atoms with Gasteiger partial charge >= 0.3 is 0 Å². The average Bonchev–Trinajstić information content (AvgIpc) is 2.80. The normalized spacial score (nSPS) is 12.0. The Morgan fingerprint density at radius 3 is 1.52 bits per heavy atom.